The minimum absolute atomic E-state index is 0.0272. The van der Waals surface area contributed by atoms with Crippen LogP contribution in [0.2, 0.25) is 0 Å². The number of carbonyl (C=O) groups is 3. The molecule has 2 atom stereocenters. The number of benzene rings is 3. The second-order valence-corrected chi connectivity index (χ2v) is 23.1. The van der Waals surface area contributed by atoms with Crippen molar-refractivity contribution in [1.82, 2.24) is 30.1 Å². The van der Waals surface area contributed by atoms with Crippen LogP contribution < -0.4 is 35.8 Å². The number of rotatable bonds is 12. The largest absolute Gasteiger partial charge is 0.494 e. The fraction of sp³-hybridized carbons (Fsp3) is 0.423. The van der Waals surface area contributed by atoms with Crippen LogP contribution in [0.5, 0.6) is 5.75 Å². The van der Waals surface area contributed by atoms with E-state index in [9.17, 15) is 19.3 Å². The molecule has 1 radical (unpaired) electrons. The summed E-state index contributed by atoms with van der Waals surface area (Å²) in [5.41, 5.74) is 5.64. The standard InChI is InChI=1S/C52H59BrF2N10O5P/c1-4-32-25-43(59-52-56-29-38(53)49(61-52)58-42-11-10-41-36(8-7-31(2)57-41)48(42)71(69)23-5-6-24-71)45(70-3)28-44(32)63-17-14-34(15-18-63)62-19-21-64(22-20-62)51(68)33-13-16-65(30-33)35-26-39(54)47(40(55)27-35)37-9-12-46(66)60-50(37)67/h5-8,10-11,25-29,33-34,37,69H,4,9,12-24,30H2,1-3H3,(H,60,66,67)(H2,56,58,59,61). The van der Waals surface area contributed by atoms with Crippen molar-refractivity contribution in [3.63, 3.8) is 0 Å². The first-order valence-electron chi connectivity index (χ1n) is 24.6. The molecular formula is C52H59BrF2N10O5P. The van der Waals surface area contributed by atoms with Crippen molar-refractivity contribution in [2.24, 2.45) is 5.92 Å². The summed E-state index contributed by atoms with van der Waals surface area (Å²) in [5, 5.41) is 11.0. The summed E-state index contributed by atoms with van der Waals surface area (Å²) in [6.07, 6.45) is 10.5. The van der Waals surface area contributed by atoms with Gasteiger partial charge in [-0.15, -0.1) is 0 Å². The highest BCUT2D eigenvalue weighted by Crippen LogP contribution is 2.59. The Morgan fingerprint density at radius 2 is 1.63 bits per heavy atom. The van der Waals surface area contributed by atoms with Gasteiger partial charge in [-0.05, 0) is 96.9 Å². The molecule has 3 amide bonds. The normalized spacial score (nSPS) is 20.7. The van der Waals surface area contributed by atoms with Crippen LogP contribution in [0.1, 0.15) is 61.8 Å². The van der Waals surface area contributed by atoms with E-state index >= 15 is 8.78 Å². The predicted octanol–water partition coefficient (Wildman–Crippen LogP) is 7.71. The molecule has 3 aromatic carbocycles. The van der Waals surface area contributed by atoms with Crippen LogP contribution in [0.3, 0.4) is 0 Å². The minimum Gasteiger partial charge on any atom is -0.494 e. The van der Waals surface area contributed by atoms with Crippen molar-refractivity contribution in [3.8, 4) is 5.75 Å². The van der Waals surface area contributed by atoms with Gasteiger partial charge in [-0.1, -0.05) is 25.1 Å². The number of halogens is 3. The minimum atomic E-state index is -2.52. The lowest BCUT2D eigenvalue weighted by Crippen LogP contribution is -2.55. The van der Waals surface area contributed by atoms with Crippen LogP contribution in [0.4, 0.5) is 43.3 Å². The van der Waals surface area contributed by atoms with Gasteiger partial charge in [0, 0.05) is 130 Å². The molecule has 0 spiro atoms. The molecule has 15 nitrogen and oxygen atoms in total. The lowest BCUT2D eigenvalue weighted by molar-refractivity contribution is -0.137. The van der Waals surface area contributed by atoms with Gasteiger partial charge in [0.25, 0.3) is 0 Å². The van der Waals surface area contributed by atoms with Crippen molar-refractivity contribution in [2.75, 3.05) is 92.2 Å². The average Bonchev–Trinajstić information content (AvgIpc) is 4.05. The predicted molar refractivity (Wildman–Crippen MR) is 278 cm³/mol. The average molecular weight is 1050 g/mol. The highest BCUT2D eigenvalue weighted by Gasteiger charge is 2.38. The zero-order valence-electron chi connectivity index (χ0n) is 40.2. The molecule has 0 saturated carbocycles. The Hall–Kier alpha value is -5.81. The van der Waals surface area contributed by atoms with E-state index in [1.165, 1.54) is 17.7 Å². The summed E-state index contributed by atoms with van der Waals surface area (Å²) in [6.45, 7) is 9.58. The topological polar surface area (TPSA) is 168 Å². The highest BCUT2D eigenvalue weighted by atomic mass is 79.9. The van der Waals surface area contributed by atoms with Gasteiger partial charge >= 0.3 is 0 Å². The number of aromatic nitrogens is 3. The monoisotopic (exact) mass is 1050 g/mol. The Morgan fingerprint density at radius 1 is 0.901 bits per heavy atom. The van der Waals surface area contributed by atoms with E-state index in [0.717, 1.165) is 84.4 Å². The summed E-state index contributed by atoms with van der Waals surface area (Å²) in [5.74, 6) is -2.42. The molecule has 71 heavy (non-hydrogen) atoms. The smallest absolute Gasteiger partial charge is 0.234 e. The van der Waals surface area contributed by atoms with Crippen molar-refractivity contribution in [2.45, 2.75) is 64.3 Å². The Morgan fingerprint density at radius 3 is 2.34 bits per heavy atom. The lowest BCUT2D eigenvalue weighted by Gasteiger charge is -2.44. The molecule has 2 unspecified atom stereocenters. The number of aryl methyl sites for hydroxylation is 2. The Kier molecular flexibility index (Phi) is 14.0. The number of piperidine rings is 2. The number of imide groups is 1. The quantitative estimate of drug-likeness (QED) is 0.0546. The number of pyridine rings is 1. The molecule has 19 heteroatoms. The number of hydrogen-bond donors (Lipinski definition) is 4. The number of hydrogen-bond acceptors (Lipinski definition) is 13. The first-order valence-corrected chi connectivity index (χ1v) is 27.5. The van der Waals surface area contributed by atoms with Crippen LogP contribution in [-0.2, 0) is 20.8 Å². The Balaban J connectivity index is 0.747. The molecular weight excluding hydrogens is 994 g/mol. The molecule has 0 aliphatic carbocycles. The van der Waals surface area contributed by atoms with Gasteiger partial charge in [-0.3, -0.25) is 29.6 Å². The van der Waals surface area contributed by atoms with Gasteiger partial charge in [0.1, 0.15) is 23.2 Å². The number of fused-ring (bicyclic) bond motifs is 1. The summed E-state index contributed by atoms with van der Waals surface area (Å²) in [7, 11) is -0.847. The van der Waals surface area contributed by atoms with E-state index in [4.69, 9.17) is 14.7 Å². The molecule has 5 aromatic rings. The van der Waals surface area contributed by atoms with E-state index < -0.39 is 36.9 Å². The van der Waals surface area contributed by atoms with Gasteiger partial charge in [-0.2, -0.15) is 4.98 Å². The zero-order valence-corrected chi connectivity index (χ0v) is 42.7. The maximum atomic E-state index is 15.3. The third-order valence-electron chi connectivity index (χ3n) is 14.9. The summed E-state index contributed by atoms with van der Waals surface area (Å²) in [6, 6.07) is 15.1. The molecule has 10 rings (SSSR count). The van der Waals surface area contributed by atoms with Crippen LogP contribution in [0, 0.1) is 24.5 Å². The number of nitrogens with zero attached hydrogens (tertiary/aromatic N) is 7. The first kappa shape index (κ1) is 48.8. The molecule has 4 saturated heterocycles. The molecule has 4 fully saturated rings. The van der Waals surface area contributed by atoms with Gasteiger partial charge in [0.15, 0.2) is 0 Å². The first-order chi connectivity index (χ1) is 34.3. The van der Waals surface area contributed by atoms with Crippen molar-refractivity contribution in [1.29, 1.82) is 0 Å². The Bertz CT molecular complexity index is 2900. The number of methoxy groups -OCH3 is 1. The van der Waals surface area contributed by atoms with Crippen LogP contribution >= 0.6 is 23.4 Å². The highest BCUT2D eigenvalue weighted by molar-refractivity contribution is 9.10. The van der Waals surface area contributed by atoms with E-state index in [2.05, 4.69) is 83.9 Å². The molecule has 2 aromatic heterocycles. The van der Waals surface area contributed by atoms with E-state index in [1.54, 1.807) is 13.3 Å². The summed E-state index contributed by atoms with van der Waals surface area (Å²) in [4.78, 5) is 72.7. The van der Waals surface area contributed by atoms with Gasteiger partial charge < -0.3 is 35.0 Å². The van der Waals surface area contributed by atoms with Gasteiger partial charge in [0.2, 0.25) is 23.7 Å². The number of carbonyl (C=O) groups excluding carboxylic acids is 3. The van der Waals surface area contributed by atoms with E-state index in [0.29, 0.717) is 78.6 Å². The van der Waals surface area contributed by atoms with Gasteiger partial charge in [0.05, 0.1) is 40.3 Å². The second kappa shape index (κ2) is 20.4. The molecule has 4 N–H and O–H groups in total. The molecule has 0 bridgehead atoms. The fourth-order valence-corrected chi connectivity index (χ4v) is 14.1. The van der Waals surface area contributed by atoms with Crippen molar-refractivity contribution >= 4 is 91.9 Å². The third-order valence-corrected chi connectivity index (χ3v) is 18.4. The SMILES string of the molecule is CCc1cc(Nc2ncc(Br)c(Nc3ccc4nc(C)ccc4c3[P]3(O)CC=CC3)n2)c(OC)cc1N1CCC(N2CCN(C(=O)C3CCN(c4cc(F)c(C5CCC(=O)NC5=O)c(F)c4)C3)CC2)CC1. The van der Waals surface area contributed by atoms with E-state index in [1.807, 2.05) is 34.9 Å². The number of nitrogens with one attached hydrogen (secondary N) is 3. The summed E-state index contributed by atoms with van der Waals surface area (Å²) >= 11 is 3.66. The molecule has 5 aliphatic rings. The summed E-state index contributed by atoms with van der Waals surface area (Å²) < 4.78 is 37.3. The van der Waals surface area contributed by atoms with Gasteiger partial charge in [-0.25, -0.2) is 13.8 Å². The number of ether oxygens (including phenoxy) is 1. The molecule has 5 aliphatic heterocycles. The third kappa shape index (κ3) is 9.92. The number of allylic oxidation sites excluding steroid dienone is 2. The maximum Gasteiger partial charge on any atom is 0.234 e. The second-order valence-electron chi connectivity index (χ2n) is 19.3. The molecule has 373 valence electrons. The Labute approximate surface area is 421 Å². The number of piperazine rings is 1. The van der Waals surface area contributed by atoms with E-state index in [-0.39, 0.29) is 30.2 Å². The van der Waals surface area contributed by atoms with Crippen molar-refractivity contribution < 1.29 is 32.8 Å². The van der Waals surface area contributed by atoms with Crippen LogP contribution in [0.15, 0.2) is 71.4 Å². The zero-order chi connectivity index (χ0) is 49.6. The lowest BCUT2D eigenvalue weighted by atomic mass is 9.89. The number of anilines is 6. The van der Waals surface area contributed by atoms with Crippen LogP contribution in [0.25, 0.3) is 10.9 Å². The maximum absolute atomic E-state index is 15.3. The molecule has 7 heterocycles. The van der Waals surface area contributed by atoms with Crippen molar-refractivity contribution in [3.05, 3.63) is 99.8 Å². The number of amides is 3. The fourth-order valence-electron chi connectivity index (χ4n) is 11.1. The van der Waals surface area contributed by atoms with Crippen LogP contribution in [-0.4, -0.2) is 125 Å².